The van der Waals surface area contributed by atoms with Gasteiger partial charge in [-0.3, -0.25) is 9.59 Å². The van der Waals surface area contributed by atoms with Gasteiger partial charge in [-0.1, -0.05) is 18.2 Å². The van der Waals surface area contributed by atoms with Crippen LogP contribution in [0.1, 0.15) is 18.5 Å². The Kier molecular flexibility index (Phi) is 4.41. The molecule has 2 aromatic rings. The van der Waals surface area contributed by atoms with Gasteiger partial charge in [0.25, 0.3) is 0 Å². The van der Waals surface area contributed by atoms with E-state index in [0.29, 0.717) is 37.5 Å². The number of primary amides is 1. The molecule has 0 radical (unpaired) electrons. The monoisotopic (exact) mass is 313 g/mol. The van der Waals surface area contributed by atoms with Gasteiger partial charge in [0.1, 0.15) is 6.26 Å². The van der Waals surface area contributed by atoms with Crippen LogP contribution in [0, 0.1) is 5.92 Å². The summed E-state index contributed by atoms with van der Waals surface area (Å²) in [5.41, 5.74) is 6.80. The Bertz CT molecular complexity index is 688. The highest BCUT2D eigenvalue weighted by Gasteiger charge is 2.26. The van der Waals surface area contributed by atoms with Crippen LogP contribution in [0.15, 0.2) is 41.0 Å². The topological polar surface area (TPSA) is 89.4 Å². The molecule has 1 saturated heterocycles. The van der Waals surface area contributed by atoms with Crippen LogP contribution in [0.25, 0.3) is 11.5 Å². The molecule has 1 aliphatic heterocycles. The molecule has 23 heavy (non-hydrogen) atoms. The first-order chi connectivity index (χ1) is 11.1. The molecule has 0 unspecified atom stereocenters. The second kappa shape index (κ2) is 6.64. The Labute approximate surface area is 134 Å². The Morgan fingerprint density at radius 2 is 1.91 bits per heavy atom. The molecule has 0 bridgehead atoms. The van der Waals surface area contributed by atoms with Gasteiger partial charge in [-0.15, -0.1) is 0 Å². The summed E-state index contributed by atoms with van der Waals surface area (Å²) in [6.07, 6.45) is 3.00. The van der Waals surface area contributed by atoms with E-state index in [1.807, 2.05) is 30.3 Å². The highest BCUT2D eigenvalue weighted by Crippen LogP contribution is 2.20. The molecule has 0 saturated carbocycles. The normalized spacial score (nSPS) is 15.6. The number of carbonyl (C=O) groups is 2. The molecule has 1 fully saturated rings. The second-order valence-electron chi connectivity index (χ2n) is 5.74. The zero-order chi connectivity index (χ0) is 16.2. The number of carbonyl (C=O) groups excluding carboxylic acids is 2. The van der Waals surface area contributed by atoms with Gasteiger partial charge in [0.05, 0.1) is 12.1 Å². The van der Waals surface area contributed by atoms with Gasteiger partial charge >= 0.3 is 0 Å². The van der Waals surface area contributed by atoms with Crippen LogP contribution in [0.2, 0.25) is 0 Å². The summed E-state index contributed by atoms with van der Waals surface area (Å²) in [6, 6.07) is 9.56. The number of nitrogens with two attached hydrogens (primary N) is 1. The summed E-state index contributed by atoms with van der Waals surface area (Å²) in [6.45, 7) is 1.13. The number of hydrogen-bond acceptors (Lipinski definition) is 4. The van der Waals surface area contributed by atoms with Crippen LogP contribution in [0.4, 0.5) is 0 Å². The molecular formula is C17H19N3O3. The smallest absolute Gasteiger partial charge is 0.228 e. The highest BCUT2D eigenvalue weighted by molar-refractivity contribution is 5.80. The Morgan fingerprint density at radius 1 is 1.22 bits per heavy atom. The molecule has 1 aromatic heterocycles. The minimum Gasteiger partial charge on any atom is -0.444 e. The van der Waals surface area contributed by atoms with Crippen LogP contribution < -0.4 is 5.73 Å². The standard InChI is InChI=1S/C17H19N3O3/c18-16(22)12-6-8-20(9-7-12)15(21)10-14-11-23-17(19-14)13-4-2-1-3-5-13/h1-5,11-12H,6-10H2,(H2,18,22). The Hall–Kier alpha value is -2.63. The summed E-state index contributed by atoms with van der Waals surface area (Å²) in [5, 5.41) is 0. The minimum atomic E-state index is -0.277. The molecular weight excluding hydrogens is 294 g/mol. The third kappa shape index (κ3) is 3.59. The van der Waals surface area contributed by atoms with Gasteiger partial charge in [-0.25, -0.2) is 4.98 Å². The first kappa shape index (κ1) is 15.3. The predicted octanol–water partition coefficient (Wildman–Crippen LogP) is 1.61. The van der Waals surface area contributed by atoms with Gasteiger partial charge in [0, 0.05) is 24.6 Å². The van der Waals surface area contributed by atoms with Crippen molar-refractivity contribution in [3.63, 3.8) is 0 Å². The van der Waals surface area contributed by atoms with Gasteiger partial charge in [0.2, 0.25) is 17.7 Å². The van der Waals surface area contributed by atoms with Crippen molar-refractivity contribution < 1.29 is 14.0 Å². The van der Waals surface area contributed by atoms with Gasteiger partial charge in [0.15, 0.2) is 0 Å². The van der Waals surface area contributed by atoms with Crippen LogP contribution in [-0.2, 0) is 16.0 Å². The maximum absolute atomic E-state index is 12.3. The largest absolute Gasteiger partial charge is 0.444 e. The average molecular weight is 313 g/mol. The number of amides is 2. The summed E-state index contributed by atoms with van der Waals surface area (Å²) in [5.74, 6) is 0.124. The van der Waals surface area contributed by atoms with E-state index in [1.54, 1.807) is 4.90 Å². The van der Waals surface area contributed by atoms with Crippen molar-refractivity contribution in [2.75, 3.05) is 13.1 Å². The van der Waals surface area contributed by atoms with Crippen LogP contribution >= 0.6 is 0 Å². The van der Waals surface area contributed by atoms with Crippen LogP contribution in [0.3, 0.4) is 0 Å². The van der Waals surface area contributed by atoms with E-state index >= 15 is 0 Å². The van der Waals surface area contributed by atoms with E-state index in [-0.39, 0.29) is 24.2 Å². The molecule has 2 amide bonds. The maximum atomic E-state index is 12.3. The summed E-state index contributed by atoms with van der Waals surface area (Å²) < 4.78 is 5.44. The van der Waals surface area contributed by atoms with Crippen LogP contribution in [-0.4, -0.2) is 34.8 Å². The third-order valence-electron chi connectivity index (χ3n) is 4.15. The molecule has 0 aliphatic carbocycles. The first-order valence-electron chi connectivity index (χ1n) is 7.70. The number of oxazole rings is 1. The van der Waals surface area contributed by atoms with Crippen molar-refractivity contribution in [2.45, 2.75) is 19.3 Å². The van der Waals surface area contributed by atoms with E-state index in [4.69, 9.17) is 10.2 Å². The average Bonchev–Trinajstić information content (AvgIpc) is 3.04. The lowest BCUT2D eigenvalue weighted by molar-refractivity contribution is -0.134. The highest BCUT2D eigenvalue weighted by atomic mass is 16.3. The molecule has 1 aliphatic rings. The van der Waals surface area contributed by atoms with Gasteiger partial charge < -0.3 is 15.1 Å². The number of nitrogens with zero attached hydrogens (tertiary/aromatic N) is 2. The quantitative estimate of drug-likeness (QED) is 0.928. The summed E-state index contributed by atoms with van der Waals surface area (Å²) >= 11 is 0. The molecule has 1 aromatic carbocycles. The fraction of sp³-hybridized carbons (Fsp3) is 0.353. The van der Waals surface area contributed by atoms with E-state index in [0.717, 1.165) is 5.56 Å². The van der Waals surface area contributed by atoms with Crippen molar-refractivity contribution in [3.05, 3.63) is 42.3 Å². The maximum Gasteiger partial charge on any atom is 0.228 e. The Morgan fingerprint density at radius 3 is 2.57 bits per heavy atom. The lowest BCUT2D eigenvalue weighted by atomic mass is 9.96. The number of likely N-dealkylation sites (tertiary alicyclic amines) is 1. The van der Waals surface area contributed by atoms with Crippen molar-refractivity contribution in [1.82, 2.24) is 9.88 Å². The van der Waals surface area contributed by atoms with Crippen molar-refractivity contribution in [1.29, 1.82) is 0 Å². The SMILES string of the molecule is NC(=O)C1CCN(C(=O)Cc2coc(-c3ccccc3)n2)CC1. The molecule has 6 heteroatoms. The fourth-order valence-electron chi connectivity index (χ4n) is 2.78. The second-order valence-corrected chi connectivity index (χ2v) is 5.74. The van der Waals surface area contributed by atoms with E-state index in [1.165, 1.54) is 6.26 Å². The summed E-state index contributed by atoms with van der Waals surface area (Å²) in [4.78, 5) is 29.6. The van der Waals surface area contributed by atoms with Crippen molar-refractivity contribution in [2.24, 2.45) is 11.7 Å². The van der Waals surface area contributed by atoms with Crippen molar-refractivity contribution >= 4 is 11.8 Å². The summed E-state index contributed by atoms with van der Waals surface area (Å²) in [7, 11) is 0. The van der Waals surface area contributed by atoms with Gasteiger partial charge in [-0.2, -0.15) is 0 Å². The lowest BCUT2D eigenvalue weighted by Crippen LogP contribution is -2.42. The number of rotatable bonds is 4. The number of piperidine rings is 1. The predicted molar refractivity (Wildman–Crippen MR) is 84.1 cm³/mol. The molecule has 0 atom stereocenters. The fourth-order valence-corrected chi connectivity index (χ4v) is 2.78. The zero-order valence-corrected chi connectivity index (χ0v) is 12.8. The molecule has 2 N–H and O–H groups in total. The van der Waals surface area contributed by atoms with Crippen LogP contribution in [0.5, 0.6) is 0 Å². The Balaban J connectivity index is 1.59. The molecule has 0 spiro atoms. The first-order valence-corrected chi connectivity index (χ1v) is 7.70. The molecule has 2 heterocycles. The van der Waals surface area contributed by atoms with E-state index < -0.39 is 0 Å². The molecule has 6 nitrogen and oxygen atoms in total. The number of benzene rings is 1. The van der Waals surface area contributed by atoms with E-state index in [2.05, 4.69) is 4.98 Å². The lowest BCUT2D eigenvalue weighted by Gasteiger charge is -2.30. The van der Waals surface area contributed by atoms with E-state index in [9.17, 15) is 9.59 Å². The van der Waals surface area contributed by atoms with Crippen molar-refractivity contribution in [3.8, 4) is 11.5 Å². The van der Waals surface area contributed by atoms with Gasteiger partial charge in [-0.05, 0) is 25.0 Å². The minimum absolute atomic E-state index is 0.000770. The number of aromatic nitrogens is 1. The number of hydrogen-bond donors (Lipinski definition) is 1. The molecule has 3 rings (SSSR count). The third-order valence-corrected chi connectivity index (χ3v) is 4.15. The zero-order valence-electron chi connectivity index (χ0n) is 12.8. The molecule has 120 valence electrons.